The Morgan fingerprint density at radius 2 is 2.00 bits per heavy atom. The Hall–Kier alpha value is -3.24. The summed E-state index contributed by atoms with van der Waals surface area (Å²) in [6.07, 6.45) is -5.56. The van der Waals surface area contributed by atoms with Crippen molar-refractivity contribution < 1.29 is 32.9 Å². The van der Waals surface area contributed by atoms with Gasteiger partial charge >= 0.3 is 12.2 Å². The minimum absolute atomic E-state index is 0.0392. The summed E-state index contributed by atoms with van der Waals surface area (Å²) in [7, 11) is 0. The zero-order valence-electron chi connectivity index (χ0n) is 21.6. The molecular weight excluding hydrogens is 557 g/mol. The number of imidazole rings is 1. The first-order valence-electron chi connectivity index (χ1n) is 12.5. The van der Waals surface area contributed by atoms with Crippen molar-refractivity contribution in [2.45, 2.75) is 57.0 Å². The van der Waals surface area contributed by atoms with Gasteiger partial charge in [0.2, 0.25) is 0 Å². The van der Waals surface area contributed by atoms with Crippen LogP contribution in [0, 0.1) is 0 Å². The lowest BCUT2D eigenvalue weighted by molar-refractivity contribution is -0.137. The second kappa shape index (κ2) is 12.1. The van der Waals surface area contributed by atoms with E-state index in [2.05, 4.69) is 25.6 Å². The molecule has 3 aromatic rings. The standard InChI is InChI=1S/C24H30ClF3N8O4/c1-12(2)35(7-3-6-30-23(39)34-13-4-5-15(25)14(8-13)24(26,27)28)9-16-18(37)19(38)22(40-16)36-11-33-17-20(29)31-10-32-21(17)36/h4-5,8,10-12,16,18-19,22,37-38H,3,6-7,9H2,1-2H3,(H2,29,31,32)(H2,30,34,39)/t16-,18+,19-,22-/m1/s1. The molecule has 0 radical (unpaired) electrons. The van der Waals surface area contributed by atoms with Gasteiger partial charge in [0.25, 0.3) is 0 Å². The molecule has 0 saturated carbocycles. The molecule has 1 saturated heterocycles. The van der Waals surface area contributed by atoms with Gasteiger partial charge in [0.05, 0.1) is 16.9 Å². The molecule has 16 heteroatoms. The molecule has 1 aliphatic rings. The van der Waals surface area contributed by atoms with Crippen molar-refractivity contribution >= 4 is 40.3 Å². The first kappa shape index (κ1) is 29.7. The van der Waals surface area contributed by atoms with Crippen LogP contribution in [0.4, 0.5) is 29.5 Å². The van der Waals surface area contributed by atoms with Crippen molar-refractivity contribution in [3.05, 3.63) is 41.4 Å². The molecule has 6 N–H and O–H groups in total. The Morgan fingerprint density at radius 3 is 2.70 bits per heavy atom. The molecule has 218 valence electrons. The van der Waals surface area contributed by atoms with Gasteiger partial charge in [-0.15, -0.1) is 0 Å². The van der Waals surface area contributed by atoms with Crippen LogP contribution in [0.15, 0.2) is 30.9 Å². The van der Waals surface area contributed by atoms with Gasteiger partial charge in [-0.3, -0.25) is 9.47 Å². The van der Waals surface area contributed by atoms with Crippen molar-refractivity contribution in [3.63, 3.8) is 0 Å². The van der Waals surface area contributed by atoms with Crippen molar-refractivity contribution in [2.75, 3.05) is 30.7 Å². The van der Waals surface area contributed by atoms with Gasteiger partial charge in [-0.1, -0.05) is 11.6 Å². The van der Waals surface area contributed by atoms with Crippen LogP contribution in [0.3, 0.4) is 0 Å². The second-order valence-electron chi connectivity index (χ2n) is 9.64. The fourth-order valence-electron chi connectivity index (χ4n) is 4.44. The van der Waals surface area contributed by atoms with Crippen LogP contribution in [-0.2, 0) is 10.9 Å². The predicted molar refractivity (Wildman–Crippen MR) is 140 cm³/mol. The van der Waals surface area contributed by atoms with Crippen LogP contribution in [-0.4, -0.2) is 84.7 Å². The molecule has 1 aromatic carbocycles. The lowest BCUT2D eigenvalue weighted by Crippen LogP contribution is -2.44. The summed E-state index contributed by atoms with van der Waals surface area (Å²) in [5.74, 6) is 0.181. The molecule has 3 heterocycles. The molecule has 2 amide bonds. The van der Waals surface area contributed by atoms with Crippen LogP contribution in [0.25, 0.3) is 11.2 Å². The van der Waals surface area contributed by atoms with Gasteiger partial charge < -0.3 is 31.3 Å². The maximum absolute atomic E-state index is 13.0. The van der Waals surface area contributed by atoms with Crippen molar-refractivity contribution in [2.24, 2.45) is 0 Å². The highest BCUT2D eigenvalue weighted by Crippen LogP contribution is 2.36. The average Bonchev–Trinajstić information content (AvgIpc) is 3.43. The quantitative estimate of drug-likeness (QED) is 0.237. The first-order valence-corrected chi connectivity index (χ1v) is 12.8. The number of nitrogen functional groups attached to an aromatic ring is 1. The van der Waals surface area contributed by atoms with Crippen LogP contribution < -0.4 is 16.4 Å². The summed E-state index contributed by atoms with van der Waals surface area (Å²) in [6, 6.07) is 2.49. The topological polar surface area (TPSA) is 164 Å². The Balaban J connectivity index is 1.30. The smallest absolute Gasteiger partial charge is 0.387 e. The lowest BCUT2D eigenvalue weighted by Gasteiger charge is -2.30. The van der Waals surface area contributed by atoms with E-state index < -0.39 is 47.3 Å². The summed E-state index contributed by atoms with van der Waals surface area (Å²) >= 11 is 5.61. The number of amides is 2. The predicted octanol–water partition coefficient (Wildman–Crippen LogP) is 2.62. The second-order valence-corrected chi connectivity index (χ2v) is 10.1. The number of ether oxygens (including phenoxy) is 1. The highest BCUT2D eigenvalue weighted by molar-refractivity contribution is 6.31. The molecule has 4 atom stereocenters. The van der Waals surface area contributed by atoms with E-state index in [1.165, 1.54) is 23.3 Å². The first-order chi connectivity index (χ1) is 18.9. The van der Waals surface area contributed by atoms with Gasteiger partial charge in [0.1, 0.15) is 30.2 Å². The third-order valence-corrected chi connectivity index (χ3v) is 6.91. The Labute approximate surface area is 232 Å². The van der Waals surface area contributed by atoms with E-state index in [0.717, 1.165) is 12.1 Å². The van der Waals surface area contributed by atoms with E-state index in [4.69, 9.17) is 22.1 Å². The van der Waals surface area contributed by atoms with E-state index in [9.17, 15) is 28.2 Å². The number of urea groups is 1. The van der Waals surface area contributed by atoms with Gasteiger partial charge in [-0.2, -0.15) is 13.2 Å². The summed E-state index contributed by atoms with van der Waals surface area (Å²) in [4.78, 5) is 26.5. The monoisotopic (exact) mass is 586 g/mol. The molecule has 2 aromatic heterocycles. The van der Waals surface area contributed by atoms with Crippen molar-refractivity contribution in [3.8, 4) is 0 Å². The number of aliphatic hydroxyl groups is 2. The normalized spacial score (nSPS) is 21.4. The molecule has 0 bridgehead atoms. The molecule has 0 unspecified atom stereocenters. The molecule has 12 nitrogen and oxygen atoms in total. The lowest BCUT2D eigenvalue weighted by atomic mass is 10.1. The van der Waals surface area contributed by atoms with E-state index >= 15 is 0 Å². The summed E-state index contributed by atoms with van der Waals surface area (Å²) in [5.41, 5.74) is 5.47. The zero-order valence-corrected chi connectivity index (χ0v) is 22.4. The summed E-state index contributed by atoms with van der Waals surface area (Å²) in [6.45, 7) is 4.93. The molecule has 0 aliphatic carbocycles. The number of hydrogen-bond acceptors (Lipinski definition) is 9. The number of hydrogen-bond donors (Lipinski definition) is 5. The minimum Gasteiger partial charge on any atom is -0.387 e. The summed E-state index contributed by atoms with van der Waals surface area (Å²) < 4.78 is 46.7. The maximum Gasteiger partial charge on any atom is 0.417 e. The highest BCUT2D eigenvalue weighted by atomic mass is 35.5. The van der Waals surface area contributed by atoms with Crippen LogP contribution >= 0.6 is 11.6 Å². The molecular formula is C24H30ClF3N8O4. The SMILES string of the molecule is CC(C)N(CCCNC(=O)Nc1ccc(Cl)c(C(F)(F)F)c1)C[C@H]1O[C@@H](n2cnc3c(N)ncnc32)[C@H](O)[C@H]1O. The molecule has 1 aliphatic heterocycles. The van der Waals surface area contributed by atoms with Gasteiger partial charge in [-0.05, 0) is 38.5 Å². The van der Waals surface area contributed by atoms with Gasteiger partial charge in [-0.25, -0.2) is 19.7 Å². The third-order valence-electron chi connectivity index (χ3n) is 6.58. The maximum atomic E-state index is 13.0. The number of nitrogens with zero attached hydrogens (tertiary/aromatic N) is 5. The van der Waals surface area contributed by atoms with Gasteiger partial charge in [0, 0.05) is 31.4 Å². The molecule has 4 rings (SSSR count). The number of anilines is 2. The van der Waals surface area contributed by atoms with Crippen LogP contribution in [0.5, 0.6) is 0 Å². The fraction of sp³-hybridized carbons (Fsp3) is 0.500. The van der Waals surface area contributed by atoms with Crippen molar-refractivity contribution in [1.82, 2.24) is 29.7 Å². The van der Waals surface area contributed by atoms with E-state index in [0.29, 0.717) is 24.1 Å². The van der Waals surface area contributed by atoms with Crippen LogP contribution in [0.2, 0.25) is 5.02 Å². The molecule has 1 fully saturated rings. The number of nitrogens with one attached hydrogen (secondary N) is 2. The van der Waals surface area contributed by atoms with Crippen LogP contribution in [0.1, 0.15) is 32.1 Å². The number of fused-ring (bicyclic) bond motifs is 1. The zero-order chi connectivity index (χ0) is 29.2. The Bertz CT molecular complexity index is 1340. The highest BCUT2D eigenvalue weighted by Gasteiger charge is 2.45. The van der Waals surface area contributed by atoms with Gasteiger partial charge in [0.15, 0.2) is 17.7 Å². The van der Waals surface area contributed by atoms with E-state index in [1.54, 1.807) is 0 Å². The number of carbonyl (C=O) groups excluding carboxylic acids is 1. The number of alkyl halides is 3. The Kier molecular flexibility index (Phi) is 8.99. The number of aliphatic hydroxyl groups excluding tert-OH is 2. The summed E-state index contributed by atoms with van der Waals surface area (Å²) in [5, 5.41) is 26.0. The third kappa shape index (κ3) is 6.55. The Morgan fingerprint density at radius 1 is 1.25 bits per heavy atom. The molecule has 0 spiro atoms. The number of halogens is 4. The minimum atomic E-state index is -4.65. The fourth-order valence-corrected chi connectivity index (χ4v) is 4.66. The molecule has 40 heavy (non-hydrogen) atoms. The number of nitrogens with two attached hydrogens (primary N) is 1. The number of carbonyl (C=O) groups is 1. The van der Waals surface area contributed by atoms with E-state index in [1.807, 2.05) is 18.7 Å². The number of aromatic nitrogens is 4. The largest absolute Gasteiger partial charge is 0.417 e. The van der Waals surface area contributed by atoms with E-state index in [-0.39, 0.29) is 30.6 Å². The average molecular weight is 587 g/mol. The number of benzene rings is 1. The number of rotatable bonds is 9. The van der Waals surface area contributed by atoms with Crippen molar-refractivity contribution in [1.29, 1.82) is 0 Å².